The molecule has 0 spiro atoms. The molecule has 162 valence electrons. The molecule has 0 aliphatic carbocycles. The molecule has 0 fully saturated rings. The minimum atomic E-state index is -0.292. The maximum atomic E-state index is 13.0. The van der Waals surface area contributed by atoms with Crippen LogP contribution in [0.3, 0.4) is 0 Å². The molecule has 1 N–H and O–H groups in total. The lowest BCUT2D eigenvalue weighted by Crippen LogP contribution is -2.26. The van der Waals surface area contributed by atoms with E-state index in [9.17, 15) is 4.79 Å². The van der Waals surface area contributed by atoms with Crippen LogP contribution >= 0.6 is 0 Å². The van der Waals surface area contributed by atoms with Crippen LogP contribution in [0.25, 0.3) is 16.9 Å². The number of para-hydroxylation sites is 1. The fraction of sp³-hybridized carbons (Fsp3) is 0.167. The van der Waals surface area contributed by atoms with E-state index in [1.165, 1.54) is 0 Å². The quantitative estimate of drug-likeness (QED) is 0.462. The SMILES string of the molecule is COc1ccc(CCNC(=O)c2nnn(-c3ccccc3)c2-c2ccncc2)cc1OC. The van der Waals surface area contributed by atoms with Crippen molar-refractivity contribution in [2.45, 2.75) is 6.42 Å². The molecular formula is C24H23N5O3. The third-order valence-corrected chi connectivity index (χ3v) is 4.99. The Kier molecular flexibility index (Phi) is 6.41. The summed E-state index contributed by atoms with van der Waals surface area (Å²) in [6, 6.07) is 18.9. The lowest BCUT2D eigenvalue weighted by Gasteiger charge is -2.10. The fourth-order valence-corrected chi connectivity index (χ4v) is 3.39. The van der Waals surface area contributed by atoms with Crippen LogP contribution in [0.1, 0.15) is 16.1 Å². The van der Waals surface area contributed by atoms with Gasteiger partial charge in [0.15, 0.2) is 17.2 Å². The van der Waals surface area contributed by atoms with Gasteiger partial charge in [-0.3, -0.25) is 9.78 Å². The van der Waals surface area contributed by atoms with E-state index in [1.54, 1.807) is 31.3 Å². The Morgan fingerprint density at radius 2 is 1.72 bits per heavy atom. The molecular weight excluding hydrogens is 406 g/mol. The summed E-state index contributed by atoms with van der Waals surface area (Å²) in [6.07, 6.45) is 3.98. The summed E-state index contributed by atoms with van der Waals surface area (Å²) in [7, 11) is 3.20. The summed E-state index contributed by atoms with van der Waals surface area (Å²) in [6.45, 7) is 0.433. The van der Waals surface area contributed by atoms with Crippen LogP contribution in [-0.2, 0) is 6.42 Å². The first-order chi connectivity index (χ1) is 15.7. The summed E-state index contributed by atoms with van der Waals surface area (Å²) in [5.41, 5.74) is 3.51. The molecule has 32 heavy (non-hydrogen) atoms. The number of nitrogens with zero attached hydrogens (tertiary/aromatic N) is 4. The molecule has 8 heteroatoms. The Balaban J connectivity index is 1.55. The first-order valence-corrected chi connectivity index (χ1v) is 10.1. The van der Waals surface area contributed by atoms with Crippen molar-refractivity contribution in [3.63, 3.8) is 0 Å². The first-order valence-electron chi connectivity index (χ1n) is 10.1. The molecule has 0 saturated heterocycles. The predicted molar refractivity (Wildman–Crippen MR) is 120 cm³/mol. The minimum absolute atomic E-state index is 0.257. The highest BCUT2D eigenvalue weighted by Crippen LogP contribution is 2.28. The molecule has 0 bridgehead atoms. The second kappa shape index (κ2) is 9.74. The van der Waals surface area contributed by atoms with Crippen LogP contribution in [0.15, 0.2) is 73.1 Å². The van der Waals surface area contributed by atoms with Gasteiger partial charge in [0.1, 0.15) is 5.69 Å². The monoisotopic (exact) mass is 429 g/mol. The third-order valence-electron chi connectivity index (χ3n) is 4.99. The molecule has 0 radical (unpaired) electrons. The average Bonchev–Trinajstić information content (AvgIpc) is 3.30. The molecule has 0 aliphatic rings. The fourth-order valence-electron chi connectivity index (χ4n) is 3.39. The number of hydrogen-bond acceptors (Lipinski definition) is 6. The zero-order valence-electron chi connectivity index (χ0n) is 17.9. The van der Waals surface area contributed by atoms with Gasteiger partial charge in [-0.2, -0.15) is 0 Å². The number of aromatic nitrogens is 4. The van der Waals surface area contributed by atoms with Crippen LogP contribution in [0.4, 0.5) is 0 Å². The summed E-state index contributed by atoms with van der Waals surface area (Å²) in [5.74, 6) is 1.03. The molecule has 0 saturated carbocycles. The number of methoxy groups -OCH3 is 2. The normalized spacial score (nSPS) is 10.6. The van der Waals surface area contributed by atoms with Gasteiger partial charge in [-0.05, 0) is 48.4 Å². The van der Waals surface area contributed by atoms with Crippen molar-refractivity contribution in [1.82, 2.24) is 25.3 Å². The smallest absolute Gasteiger partial charge is 0.274 e. The number of amides is 1. The van der Waals surface area contributed by atoms with Crippen molar-refractivity contribution in [2.24, 2.45) is 0 Å². The zero-order valence-corrected chi connectivity index (χ0v) is 17.9. The lowest BCUT2D eigenvalue weighted by molar-refractivity contribution is 0.0949. The maximum absolute atomic E-state index is 13.0. The van der Waals surface area contributed by atoms with Crippen molar-refractivity contribution < 1.29 is 14.3 Å². The first kappa shape index (κ1) is 21.0. The van der Waals surface area contributed by atoms with Gasteiger partial charge in [-0.15, -0.1) is 5.10 Å². The highest BCUT2D eigenvalue weighted by atomic mass is 16.5. The summed E-state index contributed by atoms with van der Waals surface area (Å²) >= 11 is 0. The van der Waals surface area contributed by atoms with E-state index in [4.69, 9.17) is 9.47 Å². The number of rotatable bonds is 8. The van der Waals surface area contributed by atoms with Crippen molar-refractivity contribution >= 4 is 5.91 Å². The Labute approximate surface area is 185 Å². The molecule has 4 rings (SSSR count). The average molecular weight is 429 g/mol. The lowest BCUT2D eigenvalue weighted by atomic mass is 10.1. The van der Waals surface area contributed by atoms with E-state index in [2.05, 4.69) is 20.6 Å². The van der Waals surface area contributed by atoms with Gasteiger partial charge < -0.3 is 14.8 Å². The van der Waals surface area contributed by atoms with Crippen LogP contribution < -0.4 is 14.8 Å². The Hall–Kier alpha value is -4.20. The van der Waals surface area contributed by atoms with Crippen molar-refractivity contribution in [2.75, 3.05) is 20.8 Å². The maximum Gasteiger partial charge on any atom is 0.274 e. The number of carbonyl (C=O) groups excluding carboxylic acids is 1. The third kappa shape index (κ3) is 4.44. The molecule has 2 heterocycles. The van der Waals surface area contributed by atoms with Crippen LogP contribution in [0.2, 0.25) is 0 Å². The molecule has 2 aromatic heterocycles. The van der Waals surface area contributed by atoms with Gasteiger partial charge in [0.05, 0.1) is 19.9 Å². The highest BCUT2D eigenvalue weighted by Gasteiger charge is 2.22. The molecule has 0 atom stereocenters. The van der Waals surface area contributed by atoms with Crippen molar-refractivity contribution in [1.29, 1.82) is 0 Å². The van der Waals surface area contributed by atoms with Crippen LogP contribution in [0, 0.1) is 0 Å². The van der Waals surface area contributed by atoms with Crippen molar-refractivity contribution in [3.8, 4) is 28.4 Å². The minimum Gasteiger partial charge on any atom is -0.493 e. The van der Waals surface area contributed by atoms with Crippen LogP contribution in [0.5, 0.6) is 11.5 Å². The zero-order chi connectivity index (χ0) is 22.3. The Bertz CT molecular complexity index is 1190. The Morgan fingerprint density at radius 3 is 2.44 bits per heavy atom. The van der Waals surface area contributed by atoms with E-state index in [-0.39, 0.29) is 11.6 Å². The van der Waals surface area contributed by atoms with Gasteiger partial charge >= 0.3 is 0 Å². The van der Waals surface area contributed by atoms with Crippen LogP contribution in [-0.4, -0.2) is 46.6 Å². The molecule has 2 aromatic carbocycles. The molecule has 0 unspecified atom stereocenters. The van der Waals surface area contributed by atoms with Gasteiger partial charge in [-0.1, -0.05) is 29.5 Å². The van der Waals surface area contributed by atoms with Gasteiger partial charge in [0.2, 0.25) is 0 Å². The second-order valence-corrected chi connectivity index (χ2v) is 6.97. The molecule has 0 aliphatic heterocycles. The van der Waals surface area contributed by atoms with E-state index in [1.807, 2.05) is 60.7 Å². The number of pyridine rings is 1. The number of ether oxygens (including phenoxy) is 2. The number of hydrogen-bond donors (Lipinski definition) is 1. The van der Waals surface area contributed by atoms with E-state index in [0.29, 0.717) is 30.2 Å². The highest BCUT2D eigenvalue weighted by molar-refractivity contribution is 5.98. The van der Waals surface area contributed by atoms with E-state index < -0.39 is 0 Å². The molecule has 1 amide bonds. The largest absolute Gasteiger partial charge is 0.493 e. The standard InChI is InChI=1S/C24H23N5O3/c1-31-20-9-8-17(16-21(20)32-2)10-15-26-24(30)22-23(18-11-13-25-14-12-18)29(28-27-22)19-6-4-3-5-7-19/h3-9,11-14,16H,10,15H2,1-2H3,(H,26,30). The van der Waals surface area contributed by atoms with Gasteiger partial charge in [0, 0.05) is 24.5 Å². The molecule has 4 aromatic rings. The number of benzene rings is 2. The van der Waals surface area contributed by atoms with E-state index >= 15 is 0 Å². The summed E-state index contributed by atoms with van der Waals surface area (Å²) in [5, 5.41) is 11.4. The van der Waals surface area contributed by atoms with Gasteiger partial charge in [-0.25, -0.2) is 4.68 Å². The van der Waals surface area contributed by atoms with Crippen molar-refractivity contribution in [3.05, 3.63) is 84.3 Å². The van der Waals surface area contributed by atoms with Gasteiger partial charge in [0.25, 0.3) is 5.91 Å². The number of nitrogens with one attached hydrogen (secondary N) is 1. The summed E-state index contributed by atoms with van der Waals surface area (Å²) in [4.78, 5) is 17.1. The summed E-state index contributed by atoms with van der Waals surface area (Å²) < 4.78 is 12.3. The molecule has 8 nitrogen and oxygen atoms in total. The van der Waals surface area contributed by atoms with E-state index in [0.717, 1.165) is 16.8 Å². The predicted octanol–water partition coefficient (Wildman–Crippen LogP) is 3.32. The topological polar surface area (TPSA) is 91.2 Å². The Morgan fingerprint density at radius 1 is 0.969 bits per heavy atom. The second-order valence-electron chi connectivity index (χ2n) is 6.97. The number of carbonyl (C=O) groups is 1.